The van der Waals surface area contributed by atoms with Crippen molar-refractivity contribution in [1.29, 1.82) is 0 Å². The number of aromatic nitrogens is 2. The molecule has 0 spiro atoms. The van der Waals surface area contributed by atoms with E-state index in [-0.39, 0.29) is 17.6 Å². The second-order valence-corrected chi connectivity index (χ2v) is 8.22. The maximum Gasteiger partial charge on any atom is 0.292 e. The van der Waals surface area contributed by atoms with Gasteiger partial charge in [0.05, 0.1) is 19.2 Å². The van der Waals surface area contributed by atoms with E-state index in [2.05, 4.69) is 22.3 Å². The van der Waals surface area contributed by atoms with Crippen LogP contribution in [0.4, 0.5) is 0 Å². The van der Waals surface area contributed by atoms with Gasteiger partial charge in [0.25, 0.3) is 5.91 Å². The standard InChI is InChI=1S/C26H25N3O4/c1-31-21-11-9-19(10-12-21)23-15-24(33-28-23)26(30)29-13-5-8-20(17-29)25-27-16-22(32-25)14-18-6-3-2-4-7-18/h2-4,6-7,9-12,15-16,20H,5,8,13-14,17H2,1H3/t20-/m1/s1. The lowest BCUT2D eigenvalue weighted by Crippen LogP contribution is -2.39. The molecule has 0 N–H and O–H groups in total. The second-order valence-electron chi connectivity index (χ2n) is 8.22. The minimum absolute atomic E-state index is 0.0659. The van der Waals surface area contributed by atoms with Crippen molar-refractivity contribution >= 4 is 5.91 Å². The Labute approximate surface area is 192 Å². The monoisotopic (exact) mass is 443 g/mol. The van der Waals surface area contributed by atoms with Crippen LogP contribution in [0.1, 0.15) is 46.5 Å². The number of oxazole rings is 1. The molecule has 0 radical (unpaired) electrons. The molecule has 7 nitrogen and oxygen atoms in total. The van der Waals surface area contributed by atoms with Gasteiger partial charge in [-0.3, -0.25) is 4.79 Å². The van der Waals surface area contributed by atoms with Crippen LogP contribution in [0.3, 0.4) is 0 Å². The third kappa shape index (κ3) is 4.67. The molecule has 4 aromatic rings. The molecule has 5 rings (SSSR count). The summed E-state index contributed by atoms with van der Waals surface area (Å²) in [6.07, 6.45) is 4.31. The lowest BCUT2D eigenvalue weighted by Gasteiger charge is -2.30. The molecule has 1 aliphatic rings. The van der Waals surface area contributed by atoms with Crippen LogP contribution < -0.4 is 4.74 Å². The summed E-state index contributed by atoms with van der Waals surface area (Å²) in [6.45, 7) is 1.22. The first-order valence-electron chi connectivity index (χ1n) is 11.1. The van der Waals surface area contributed by atoms with Gasteiger partial charge in [-0.2, -0.15) is 0 Å². The Bertz CT molecular complexity index is 1210. The minimum Gasteiger partial charge on any atom is -0.497 e. The number of hydrogen-bond acceptors (Lipinski definition) is 6. The summed E-state index contributed by atoms with van der Waals surface area (Å²) in [4.78, 5) is 19.4. The number of methoxy groups -OCH3 is 1. The van der Waals surface area contributed by atoms with Crippen LogP contribution in [0.2, 0.25) is 0 Å². The molecular formula is C26H25N3O4. The zero-order valence-electron chi connectivity index (χ0n) is 18.4. The number of piperidine rings is 1. The summed E-state index contributed by atoms with van der Waals surface area (Å²) in [5.41, 5.74) is 2.66. The molecule has 1 saturated heterocycles. The molecule has 168 valence electrons. The molecule has 1 atom stereocenters. The molecule has 0 bridgehead atoms. The molecule has 1 amide bonds. The predicted molar refractivity (Wildman–Crippen MR) is 122 cm³/mol. The van der Waals surface area contributed by atoms with Gasteiger partial charge < -0.3 is 18.6 Å². The maximum atomic E-state index is 13.1. The van der Waals surface area contributed by atoms with E-state index < -0.39 is 0 Å². The first kappa shape index (κ1) is 21.0. The van der Waals surface area contributed by atoms with E-state index >= 15 is 0 Å². The van der Waals surface area contributed by atoms with Gasteiger partial charge in [0.1, 0.15) is 17.2 Å². The largest absolute Gasteiger partial charge is 0.497 e. The van der Waals surface area contributed by atoms with Gasteiger partial charge in [-0.15, -0.1) is 0 Å². The predicted octanol–water partition coefficient (Wildman–Crippen LogP) is 4.95. The number of rotatable bonds is 6. The van der Waals surface area contributed by atoms with E-state index in [0.29, 0.717) is 31.1 Å². The molecule has 0 aliphatic carbocycles. The number of hydrogen-bond donors (Lipinski definition) is 0. The Kier molecular flexibility index (Phi) is 5.93. The zero-order chi connectivity index (χ0) is 22.6. The molecule has 1 aliphatic heterocycles. The molecule has 0 unspecified atom stereocenters. The Hall–Kier alpha value is -3.87. The van der Waals surface area contributed by atoms with Gasteiger partial charge in [0.2, 0.25) is 5.76 Å². The summed E-state index contributed by atoms with van der Waals surface area (Å²) >= 11 is 0. The molecule has 1 fully saturated rings. The number of ether oxygens (including phenoxy) is 1. The number of benzene rings is 2. The maximum absolute atomic E-state index is 13.1. The highest BCUT2D eigenvalue weighted by Crippen LogP contribution is 2.29. The highest BCUT2D eigenvalue weighted by atomic mass is 16.5. The Morgan fingerprint density at radius 3 is 2.76 bits per heavy atom. The van der Waals surface area contributed by atoms with Crippen LogP contribution in [-0.2, 0) is 6.42 Å². The average molecular weight is 444 g/mol. The first-order valence-corrected chi connectivity index (χ1v) is 11.1. The van der Waals surface area contributed by atoms with E-state index in [1.165, 1.54) is 5.56 Å². The smallest absolute Gasteiger partial charge is 0.292 e. The lowest BCUT2D eigenvalue weighted by molar-refractivity contribution is 0.0656. The van der Waals surface area contributed by atoms with E-state index in [0.717, 1.165) is 29.9 Å². The second kappa shape index (κ2) is 9.32. The lowest BCUT2D eigenvalue weighted by atomic mass is 9.98. The van der Waals surface area contributed by atoms with Gasteiger partial charge >= 0.3 is 0 Å². The molecule has 3 heterocycles. The van der Waals surface area contributed by atoms with Gasteiger partial charge in [-0.05, 0) is 42.7 Å². The van der Waals surface area contributed by atoms with Crippen molar-refractivity contribution in [2.45, 2.75) is 25.2 Å². The van der Waals surface area contributed by atoms with Gasteiger partial charge in [0, 0.05) is 31.1 Å². The van der Waals surface area contributed by atoms with E-state index in [1.54, 1.807) is 24.3 Å². The van der Waals surface area contributed by atoms with E-state index in [4.69, 9.17) is 13.7 Å². The molecule has 33 heavy (non-hydrogen) atoms. The summed E-state index contributed by atoms with van der Waals surface area (Å²) < 4.78 is 16.6. The highest BCUT2D eigenvalue weighted by Gasteiger charge is 2.30. The fourth-order valence-corrected chi connectivity index (χ4v) is 4.18. The topological polar surface area (TPSA) is 81.6 Å². The molecule has 2 aromatic heterocycles. The quantitative estimate of drug-likeness (QED) is 0.419. The SMILES string of the molecule is COc1ccc(-c2cc(C(=O)N3CCC[C@@H](c4ncc(Cc5ccccc5)o4)C3)on2)cc1. The summed E-state index contributed by atoms with van der Waals surface area (Å²) in [5.74, 6) is 2.42. The molecule has 0 saturated carbocycles. The van der Waals surface area contributed by atoms with Crippen LogP contribution in [-0.4, -0.2) is 41.1 Å². The fourth-order valence-electron chi connectivity index (χ4n) is 4.18. The van der Waals surface area contributed by atoms with E-state index in [1.807, 2.05) is 42.5 Å². The minimum atomic E-state index is -0.164. The fraction of sp³-hybridized carbons (Fsp3) is 0.269. The van der Waals surface area contributed by atoms with Crippen molar-refractivity contribution in [3.63, 3.8) is 0 Å². The van der Waals surface area contributed by atoms with Crippen molar-refractivity contribution in [1.82, 2.24) is 15.0 Å². The van der Waals surface area contributed by atoms with Gasteiger partial charge in [-0.1, -0.05) is 35.5 Å². The Balaban J connectivity index is 1.25. The van der Waals surface area contributed by atoms with Crippen LogP contribution in [0.25, 0.3) is 11.3 Å². The van der Waals surface area contributed by atoms with Crippen molar-refractivity contribution < 1.29 is 18.5 Å². The number of nitrogens with zero attached hydrogens (tertiary/aromatic N) is 3. The van der Waals surface area contributed by atoms with Crippen molar-refractivity contribution in [2.75, 3.05) is 20.2 Å². The molecule has 2 aromatic carbocycles. The van der Waals surface area contributed by atoms with E-state index in [9.17, 15) is 4.79 Å². The van der Waals surface area contributed by atoms with Crippen LogP contribution >= 0.6 is 0 Å². The number of amides is 1. The number of likely N-dealkylation sites (tertiary alicyclic amines) is 1. The first-order chi connectivity index (χ1) is 16.2. The van der Waals surface area contributed by atoms with Crippen molar-refractivity contribution in [3.05, 3.63) is 89.8 Å². The Morgan fingerprint density at radius 2 is 1.97 bits per heavy atom. The third-order valence-electron chi connectivity index (χ3n) is 5.96. The third-order valence-corrected chi connectivity index (χ3v) is 5.96. The molecular weight excluding hydrogens is 418 g/mol. The molecule has 7 heteroatoms. The van der Waals surface area contributed by atoms with Crippen LogP contribution in [0.5, 0.6) is 5.75 Å². The summed E-state index contributed by atoms with van der Waals surface area (Å²) in [7, 11) is 1.62. The Morgan fingerprint density at radius 1 is 1.15 bits per heavy atom. The van der Waals surface area contributed by atoms with Crippen LogP contribution in [0.15, 0.2) is 75.8 Å². The summed E-state index contributed by atoms with van der Waals surface area (Å²) in [5, 5.41) is 4.08. The number of carbonyl (C=O) groups is 1. The average Bonchev–Trinajstić information content (AvgIpc) is 3.55. The highest BCUT2D eigenvalue weighted by molar-refractivity contribution is 5.92. The normalized spacial score (nSPS) is 16.0. The van der Waals surface area contributed by atoms with Crippen LogP contribution in [0, 0.1) is 0 Å². The van der Waals surface area contributed by atoms with Gasteiger partial charge in [0.15, 0.2) is 5.89 Å². The van der Waals surface area contributed by atoms with Gasteiger partial charge in [-0.25, -0.2) is 4.98 Å². The summed E-state index contributed by atoms with van der Waals surface area (Å²) in [6, 6.07) is 19.3. The zero-order valence-corrected chi connectivity index (χ0v) is 18.4. The number of carbonyl (C=O) groups excluding carboxylic acids is 1. The van der Waals surface area contributed by atoms with Crippen molar-refractivity contribution in [2.24, 2.45) is 0 Å². The van der Waals surface area contributed by atoms with Crippen molar-refractivity contribution in [3.8, 4) is 17.0 Å².